The predicted octanol–water partition coefficient (Wildman–Crippen LogP) is 3.89. The highest BCUT2D eigenvalue weighted by atomic mass is 79.9. The molecular weight excluding hydrogens is 334 g/mol. The molecule has 0 unspecified atom stereocenters. The molecular formula is C15H18BrN3O2. The van der Waals surface area contributed by atoms with Gasteiger partial charge in [0.1, 0.15) is 5.60 Å². The Hall–Kier alpha value is -1.40. The fourth-order valence-electron chi connectivity index (χ4n) is 2.90. The molecule has 2 aromatic rings. The van der Waals surface area contributed by atoms with Gasteiger partial charge in [-0.3, -0.25) is 0 Å². The van der Waals surface area contributed by atoms with E-state index in [9.17, 15) is 0 Å². The van der Waals surface area contributed by atoms with Crippen molar-refractivity contribution in [3.05, 3.63) is 28.5 Å². The highest BCUT2D eigenvalue weighted by Gasteiger charge is 2.41. The van der Waals surface area contributed by atoms with E-state index in [-0.39, 0.29) is 5.60 Å². The van der Waals surface area contributed by atoms with Crippen LogP contribution in [0.3, 0.4) is 0 Å². The number of aromatic nitrogens is 2. The zero-order valence-corrected chi connectivity index (χ0v) is 13.5. The number of nitrogens with zero attached hydrogens (tertiary/aromatic N) is 2. The first-order valence-electron chi connectivity index (χ1n) is 7.18. The molecule has 0 aliphatic heterocycles. The smallest absolute Gasteiger partial charge is 0.260 e. The van der Waals surface area contributed by atoms with Crippen LogP contribution in [-0.2, 0) is 10.3 Å². The van der Waals surface area contributed by atoms with Crippen molar-refractivity contribution in [2.24, 2.45) is 0 Å². The predicted molar refractivity (Wildman–Crippen MR) is 83.6 cm³/mol. The minimum absolute atomic E-state index is 0.388. The van der Waals surface area contributed by atoms with Gasteiger partial charge in [0, 0.05) is 16.8 Å². The Labute approximate surface area is 132 Å². The lowest BCUT2D eigenvalue weighted by molar-refractivity contribution is -0.0469. The first-order chi connectivity index (χ1) is 10.1. The fourth-order valence-corrected chi connectivity index (χ4v) is 3.28. The van der Waals surface area contributed by atoms with Crippen LogP contribution in [0.25, 0.3) is 11.5 Å². The fraction of sp³-hybridized carbons (Fsp3) is 0.467. The molecule has 21 heavy (non-hydrogen) atoms. The molecule has 1 fully saturated rings. The molecule has 1 saturated carbocycles. The van der Waals surface area contributed by atoms with Crippen molar-refractivity contribution in [1.82, 2.24) is 10.1 Å². The lowest BCUT2D eigenvalue weighted by atomic mass is 10.0. The van der Waals surface area contributed by atoms with E-state index >= 15 is 0 Å². The van der Waals surface area contributed by atoms with E-state index in [1.807, 2.05) is 25.1 Å². The van der Waals surface area contributed by atoms with Crippen LogP contribution >= 0.6 is 15.9 Å². The van der Waals surface area contributed by atoms with Gasteiger partial charge in [0.05, 0.1) is 5.56 Å². The maximum Gasteiger partial charge on any atom is 0.260 e. The molecule has 1 aliphatic carbocycles. The Morgan fingerprint density at radius 3 is 2.81 bits per heavy atom. The van der Waals surface area contributed by atoms with Crippen molar-refractivity contribution in [3.8, 4) is 11.5 Å². The maximum absolute atomic E-state index is 6.02. The molecule has 3 rings (SSSR count). The normalized spacial score (nSPS) is 17.2. The minimum atomic E-state index is -0.388. The van der Waals surface area contributed by atoms with Gasteiger partial charge in [-0.15, -0.1) is 0 Å². The highest BCUT2D eigenvalue weighted by molar-refractivity contribution is 9.10. The Bertz CT molecular complexity index is 636. The van der Waals surface area contributed by atoms with Crippen LogP contribution in [0.1, 0.15) is 38.4 Å². The molecule has 1 aliphatic rings. The number of hydrogen-bond acceptors (Lipinski definition) is 5. The Morgan fingerprint density at radius 1 is 1.38 bits per heavy atom. The summed E-state index contributed by atoms with van der Waals surface area (Å²) in [6.07, 6.45) is 4.14. The van der Waals surface area contributed by atoms with Crippen LogP contribution in [0.5, 0.6) is 0 Å². The zero-order chi connectivity index (χ0) is 14.9. The van der Waals surface area contributed by atoms with E-state index in [0.29, 0.717) is 24.0 Å². The van der Waals surface area contributed by atoms with Gasteiger partial charge in [-0.1, -0.05) is 21.1 Å². The molecule has 0 atom stereocenters. The van der Waals surface area contributed by atoms with Crippen LogP contribution in [0.4, 0.5) is 5.69 Å². The number of benzene rings is 1. The van der Waals surface area contributed by atoms with Gasteiger partial charge >= 0.3 is 0 Å². The molecule has 1 aromatic carbocycles. The number of ether oxygens (including phenoxy) is 1. The molecule has 0 spiro atoms. The summed E-state index contributed by atoms with van der Waals surface area (Å²) in [7, 11) is 0. The van der Waals surface area contributed by atoms with Gasteiger partial charge in [-0.05, 0) is 50.8 Å². The molecule has 0 bridgehead atoms. The number of halogens is 1. The Balaban J connectivity index is 1.95. The summed E-state index contributed by atoms with van der Waals surface area (Å²) in [5.41, 5.74) is 6.99. The summed E-state index contributed by atoms with van der Waals surface area (Å²) in [6.45, 7) is 2.64. The number of rotatable bonds is 4. The number of anilines is 1. The maximum atomic E-state index is 6.02. The lowest BCUT2D eigenvalue weighted by Crippen LogP contribution is -2.27. The van der Waals surface area contributed by atoms with E-state index in [4.69, 9.17) is 15.0 Å². The monoisotopic (exact) mass is 351 g/mol. The summed E-state index contributed by atoms with van der Waals surface area (Å²) < 4.78 is 12.3. The topological polar surface area (TPSA) is 74.2 Å². The summed E-state index contributed by atoms with van der Waals surface area (Å²) in [6, 6.07) is 5.61. The second kappa shape index (κ2) is 5.77. The van der Waals surface area contributed by atoms with Gasteiger partial charge in [-0.25, -0.2) is 0 Å². The van der Waals surface area contributed by atoms with Crippen molar-refractivity contribution in [2.45, 2.75) is 38.2 Å². The highest BCUT2D eigenvalue weighted by Crippen LogP contribution is 2.41. The van der Waals surface area contributed by atoms with Crippen LogP contribution < -0.4 is 5.73 Å². The van der Waals surface area contributed by atoms with E-state index in [1.165, 1.54) is 0 Å². The molecule has 112 valence electrons. The van der Waals surface area contributed by atoms with Gasteiger partial charge in [-0.2, -0.15) is 4.98 Å². The molecule has 5 nitrogen and oxygen atoms in total. The number of hydrogen-bond donors (Lipinski definition) is 1. The SMILES string of the molecule is CCOC1(c2noc(-c3ccc(Br)cc3N)n2)CCCC1. The molecule has 2 N–H and O–H groups in total. The first kappa shape index (κ1) is 14.5. The second-order valence-corrected chi connectivity index (χ2v) is 6.20. The van der Waals surface area contributed by atoms with Crippen molar-refractivity contribution in [3.63, 3.8) is 0 Å². The Kier molecular flexibility index (Phi) is 3.99. The quantitative estimate of drug-likeness (QED) is 0.845. The summed E-state index contributed by atoms with van der Waals surface area (Å²) in [4.78, 5) is 4.55. The lowest BCUT2D eigenvalue weighted by Gasteiger charge is -2.24. The average Bonchev–Trinajstić information content (AvgIpc) is 3.08. The molecule has 6 heteroatoms. The molecule has 0 amide bonds. The van der Waals surface area contributed by atoms with E-state index in [2.05, 4.69) is 26.1 Å². The third-order valence-corrected chi connectivity index (χ3v) is 4.40. The summed E-state index contributed by atoms with van der Waals surface area (Å²) in [5, 5.41) is 4.15. The van der Waals surface area contributed by atoms with Crippen molar-refractivity contribution in [2.75, 3.05) is 12.3 Å². The molecule has 1 aromatic heterocycles. The van der Waals surface area contributed by atoms with Gasteiger partial charge in [0.15, 0.2) is 0 Å². The first-order valence-corrected chi connectivity index (χ1v) is 7.97. The van der Waals surface area contributed by atoms with Gasteiger partial charge in [0.2, 0.25) is 5.82 Å². The van der Waals surface area contributed by atoms with Crippen LogP contribution in [0.2, 0.25) is 0 Å². The third kappa shape index (κ3) is 2.70. The largest absolute Gasteiger partial charge is 0.398 e. The van der Waals surface area contributed by atoms with Crippen molar-refractivity contribution >= 4 is 21.6 Å². The summed E-state index contributed by atoms with van der Waals surface area (Å²) >= 11 is 3.39. The van der Waals surface area contributed by atoms with Crippen LogP contribution in [-0.4, -0.2) is 16.7 Å². The van der Waals surface area contributed by atoms with Gasteiger partial charge < -0.3 is 15.0 Å². The van der Waals surface area contributed by atoms with Crippen LogP contribution in [0.15, 0.2) is 27.2 Å². The third-order valence-electron chi connectivity index (χ3n) is 3.91. The van der Waals surface area contributed by atoms with Crippen LogP contribution in [0, 0.1) is 0 Å². The van der Waals surface area contributed by atoms with E-state index < -0.39 is 0 Å². The second-order valence-electron chi connectivity index (χ2n) is 5.29. The van der Waals surface area contributed by atoms with Gasteiger partial charge in [0.25, 0.3) is 5.89 Å². The van der Waals surface area contributed by atoms with E-state index in [1.54, 1.807) is 0 Å². The average molecular weight is 352 g/mol. The Morgan fingerprint density at radius 2 is 2.14 bits per heavy atom. The number of nitrogens with two attached hydrogens (primary N) is 1. The molecule has 0 radical (unpaired) electrons. The summed E-state index contributed by atoms with van der Waals surface area (Å²) in [5.74, 6) is 1.08. The van der Waals surface area contributed by atoms with E-state index in [0.717, 1.165) is 35.7 Å². The standard InChI is InChI=1S/C15H18BrN3O2/c1-2-20-15(7-3-4-8-15)14-18-13(21-19-14)11-6-5-10(16)9-12(11)17/h5-6,9H,2-4,7-8,17H2,1H3. The molecule has 1 heterocycles. The minimum Gasteiger partial charge on any atom is -0.398 e. The van der Waals surface area contributed by atoms with Crippen molar-refractivity contribution < 1.29 is 9.26 Å². The number of nitrogen functional groups attached to an aromatic ring is 1. The zero-order valence-electron chi connectivity index (χ0n) is 11.9. The molecule has 0 saturated heterocycles. The van der Waals surface area contributed by atoms with Crippen molar-refractivity contribution in [1.29, 1.82) is 0 Å².